The van der Waals surface area contributed by atoms with Gasteiger partial charge in [-0.1, -0.05) is 12.1 Å². The molecule has 0 atom stereocenters. The summed E-state index contributed by atoms with van der Waals surface area (Å²) >= 11 is 0. The fraction of sp³-hybridized carbons (Fsp3) is 0.0909. The van der Waals surface area contributed by atoms with E-state index in [2.05, 4.69) is 5.10 Å². The maximum absolute atomic E-state index is 13.5. The number of carboxylic acids is 1. The lowest BCUT2D eigenvalue weighted by atomic mass is 10.3. The fourth-order valence-electron chi connectivity index (χ4n) is 1.56. The average molecular weight is 299 g/mol. The number of hydrogen-bond donors (Lipinski definition) is 2. The highest BCUT2D eigenvalue weighted by molar-refractivity contribution is 7.92. The lowest BCUT2D eigenvalue weighted by Crippen LogP contribution is -2.18. The molecule has 2 rings (SSSR count). The first kappa shape index (κ1) is 14.0. The summed E-state index contributed by atoms with van der Waals surface area (Å²) in [5.41, 5.74) is -0.326. The van der Waals surface area contributed by atoms with E-state index >= 15 is 0 Å². The number of hydrogen-bond acceptors (Lipinski definition) is 4. The van der Waals surface area contributed by atoms with Crippen LogP contribution in [0, 0.1) is 5.82 Å². The Hall–Kier alpha value is -2.42. The highest BCUT2D eigenvalue weighted by atomic mass is 32.2. The second-order valence-corrected chi connectivity index (χ2v) is 5.52. The maximum Gasteiger partial charge on any atom is 0.341 e. The zero-order chi connectivity index (χ0) is 14.9. The van der Waals surface area contributed by atoms with E-state index in [1.54, 1.807) is 0 Å². The molecule has 0 saturated heterocycles. The summed E-state index contributed by atoms with van der Waals surface area (Å²) in [4.78, 5) is 10.4. The largest absolute Gasteiger partial charge is 0.477 e. The van der Waals surface area contributed by atoms with Gasteiger partial charge >= 0.3 is 5.97 Å². The summed E-state index contributed by atoms with van der Waals surface area (Å²) in [6, 6.07) is 4.78. The zero-order valence-corrected chi connectivity index (χ0v) is 11.1. The number of nitrogens with zero attached hydrogens (tertiary/aromatic N) is 2. The van der Waals surface area contributed by atoms with E-state index in [9.17, 15) is 17.6 Å². The van der Waals surface area contributed by atoms with Gasteiger partial charge < -0.3 is 5.11 Å². The Kier molecular flexibility index (Phi) is 3.45. The molecule has 0 saturated carbocycles. The van der Waals surface area contributed by atoms with Gasteiger partial charge in [-0.3, -0.25) is 9.40 Å². The minimum absolute atomic E-state index is 0.249. The Labute approximate surface area is 113 Å². The molecule has 1 aromatic carbocycles. The van der Waals surface area contributed by atoms with Crippen LogP contribution in [0.1, 0.15) is 10.4 Å². The minimum atomic E-state index is -4.24. The van der Waals surface area contributed by atoms with Crippen molar-refractivity contribution < 1.29 is 22.7 Å². The number of aromatic carboxylic acids is 1. The number of aryl methyl sites for hydroxylation is 1. The van der Waals surface area contributed by atoms with Crippen molar-refractivity contribution in [3.8, 4) is 0 Å². The first-order chi connectivity index (χ1) is 9.33. The van der Waals surface area contributed by atoms with Crippen molar-refractivity contribution >= 4 is 21.8 Å². The molecule has 2 N–H and O–H groups in total. The van der Waals surface area contributed by atoms with Gasteiger partial charge in [0.2, 0.25) is 0 Å². The van der Waals surface area contributed by atoms with Crippen molar-refractivity contribution in [3.05, 3.63) is 41.8 Å². The number of benzene rings is 1. The minimum Gasteiger partial charge on any atom is -0.477 e. The van der Waals surface area contributed by atoms with Crippen molar-refractivity contribution in [2.45, 2.75) is 4.90 Å². The number of halogens is 1. The number of carboxylic acid groups (broad SMARTS) is 1. The Balaban J connectivity index is 2.47. The molecule has 20 heavy (non-hydrogen) atoms. The van der Waals surface area contributed by atoms with E-state index in [0.717, 1.165) is 23.0 Å². The van der Waals surface area contributed by atoms with Gasteiger partial charge in [0.1, 0.15) is 16.3 Å². The number of nitrogens with one attached hydrogen (secondary N) is 1. The molecule has 0 bridgehead atoms. The van der Waals surface area contributed by atoms with Crippen LogP contribution >= 0.6 is 0 Å². The molecule has 2 aromatic rings. The van der Waals surface area contributed by atoms with Crippen LogP contribution in [-0.4, -0.2) is 29.3 Å². The monoisotopic (exact) mass is 299 g/mol. The highest BCUT2D eigenvalue weighted by Crippen LogP contribution is 2.21. The van der Waals surface area contributed by atoms with Gasteiger partial charge in [0.05, 0.1) is 6.20 Å². The number of aromatic nitrogens is 2. The van der Waals surface area contributed by atoms with Gasteiger partial charge in [0.15, 0.2) is 5.82 Å². The normalized spacial score (nSPS) is 11.3. The summed E-state index contributed by atoms with van der Waals surface area (Å²) in [7, 11) is -2.87. The molecule has 106 valence electrons. The smallest absolute Gasteiger partial charge is 0.341 e. The molecular weight excluding hydrogens is 289 g/mol. The molecule has 0 spiro atoms. The predicted octanol–water partition coefficient (Wildman–Crippen LogP) is 1.06. The molecule has 0 aliphatic carbocycles. The Morgan fingerprint density at radius 3 is 2.65 bits per heavy atom. The maximum atomic E-state index is 13.5. The van der Waals surface area contributed by atoms with E-state index in [1.165, 1.54) is 19.2 Å². The van der Waals surface area contributed by atoms with Crippen LogP contribution < -0.4 is 4.72 Å². The molecule has 0 aliphatic rings. The lowest BCUT2D eigenvalue weighted by molar-refractivity contribution is 0.0698. The quantitative estimate of drug-likeness (QED) is 0.879. The van der Waals surface area contributed by atoms with E-state index < -0.39 is 26.7 Å². The van der Waals surface area contributed by atoms with Crippen LogP contribution in [0.25, 0.3) is 0 Å². The van der Waals surface area contributed by atoms with Crippen molar-refractivity contribution in [1.29, 1.82) is 0 Å². The van der Waals surface area contributed by atoms with Gasteiger partial charge in [-0.05, 0) is 12.1 Å². The van der Waals surface area contributed by atoms with Crippen molar-refractivity contribution in [2.75, 3.05) is 4.72 Å². The summed E-state index contributed by atoms with van der Waals surface area (Å²) in [6.45, 7) is 0. The molecule has 0 unspecified atom stereocenters. The Morgan fingerprint density at radius 1 is 1.40 bits per heavy atom. The molecule has 1 aromatic heterocycles. The third kappa shape index (κ3) is 2.48. The molecule has 0 radical (unpaired) electrons. The standard InChI is InChI=1S/C11H10FN3O4S/c1-15-10(7(6-13-15)11(16)17)14-20(18,19)9-5-3-2-4-8(9)12/h2-6,14H,1H3,(H,16,17). The van der Waals surface area contributed by atoms with Crippen molar-refractivity contribution in [2.24, 2.45) is 7.05 Å². The molecule has 0 fully saturated rings. The van der Waals surface area contributed by atoms with Crippen LogP contribution in [0.15, 0.2) is 35.4 Å². The SMILES string of the molecule is Cn1ncc(C(=O)O)c1NS(=O)(=O)c1ccccc1F. The number of rotatable bonds is 4. The van der Waals surface area contributed by atoms with Crippen LogP contribution in [0.5, 0.6) is 0 Å². The topological polar surface area (TPSA) is 101 Å². The van der Waals surface area contributed by atoms with Crippen molar-refractivity contribution in [1.82, 2.24) is 9.78 Å². The molecule has 9 heteroatoms. The molecule has 1 heterocycles. The number of anilines is 1. The molecule has 0 aliphatic heterocycles. The summed E-state index contributed by atoms with van der Waals surface area (Å²) in [6.07, 6.45) is 1.00. The summed E-state index contributed by atoms with van der Waals surface area (Å²) in [5, 5.41) is 12.6. The molecule has 0 amide bonds. The third-order valence-electron chi connectivity index (χ3n) is 2.53. The Morgan fingerprint density at radius 2 is 2.05 bits per heavy atom. The van der Waals surface area contributed by atoms with Crippen molar-refractivity contribution in [3.63, 3.8) is 0 Å². The van der Waals surface area contributed by atoms with E-state index in [0.29, 0.717) is 0 Å². The second-order valence-electron chi connectivity index (χ2n) is 3.87. The van der Waals surface area contributed by atoms with Crippen LogP contribution in [0.4, 0.5) is 10.2 Å². The first-order valence-corrected chi connectivity index (χ1v) is 6.84. The van der Waals surface area contributed by atoms with Crippen LogP contribution in [0.2, 0.25) is 0 Å². The van der Waals surface area contributed by atoms with Gasteiger partial charge in [-0.2, -0.15) is 5.10 Å². The van der Waals surface area contributed by atoms with Gasteiger partial charge in [0, 0.05) is 7.05 Å². The average Bonchev–Trinajstić information content (AvgIpc) is 2.71. The van der Waals surface area contributed by atoms with E-state index in [-0.39, 0.29) is 11.4 Å². The number of carbonyl (C=O) groups is 1. The lowest BCUT2D eigenvalue weighted by Gasteiger charge is -2.09. The Bertz CT molecular complexity index is 770. The van der Waals surface area contributed by atoms with Gasteiger partial charge in [-0.25, -0.2) is 17.6 Å². The highest BCUT2D eigenvalue weighted by Gasteiger charge is 2.24. The summed E-state index contributed by atoms with van der Waals surface area (Å²) < 4.78 is 40.7. The third-order valence-corrected chi connectivity index (χ3v) is 3.90. The zero-order valence-electron chi connectivity index (χ0n) is 10.2. The van der Waals surface area contributed by atoms with E-state index in [1.807, 2.05) is 4.72 Å². The second kappa shape index (κ2) is 4.93. The van der Waals surface area contributed by atoms with Crippen LogP contribution in [0.3, 0.4) is 0 Å². The predicted molar refractivity (Wildman–Crippen MR) is 67.4 cm³/mol. The molecular formula is C11H10FN3O4S. The summed E-state index contributed by atoms with van der Waals surface area (Å²) in [5.74, 6) is -2.52. The number of sulfonamides is 1. The van der Waals surface area contributed by atoms with Crippen LogP contribution in [-0.2, 0) is 17.1 Å². The van der Waals surface area contributed by atoms with E-state index in [4.69, 9.17) is 5.11 Å². The van der Waals surface area contributed by atoms with Gasteiger partial charge in [-0.15, -0.1) is 0 Å². The molecule has 7 nitrogen and oxygen atoms in total. The fourth-order valence-corrected chi connectivity index (χ4v) is 2.75. The van der Waals surface area contributed by atoms with Gasteiger partial charge in [0.25, 0.3) is 10.0 Å². The first-order valence-electron chi connectivity index (χ1n) is 5.35.